The first-order chi connectivity index (χ1) is 41.7. The molecule has 89 heavy (non-hydrogen) atoms. The van der Waals surface area contributed by atoms with Crippen LogP contribution >= 0.6 is 0 Å². The topological polar surface area (TPSA) is 477 Å². The minimum Gasteiger partial charge on any atom is -0.394 e. The summed E-state index contributed by atoms with van der Waals surface area (Å²) in [6.07, 6.45) is -38.2. The molecule has 35 atom stereocenters. The molecule has 4 saturated carbocycles. The molecule has 5 saturated heterocycles. The van der Waals surface area contributed by atoms with Gasteiger partial charge < -0.3 is 144 Å². The van der Waals surface area contributed by atoms with E-state index in [2.05, 4.69) is 40.7 Å². The second-order valence-corrected chi connectivity index (χ2v) is 29.4. The Labute approximate surface area is 516 Å². The molecule has 29 heteroatoms. The van der Waals surface area contributed by atoms with E-state index in [1.54, 1.807) is 0 Å². The summed E-state index contributed by atoms with van der Waals surface area (Å²) in [7, 11) is 0. The Morgan fingerprint density at radius 2 is 0.888 bits per heavy atom. The highest BCUT2D eigenvalue weighted by molar-refractivity contribution is 5.35. The third-order valence-electron chi connectivity index (χ3n) is 23.9. The van der Waals surface area contributed by atoms with Crippen molar-refractivity contribution in [3.05, 3.63) is 11.6 Å². The van der Waals surface area contributed by atoms with Crippen molar-refractivity contribution in [2.24, 2.45) is 50.2 Å². The summed E-state index contributed by atoms with van der Waals surface area (Å²) < 4.78 is 60.0. The van der Waals surface area contributed by atoms with Gasteiger partial charge in [-0.3, -0.25) is 0 Å². The van der Waals surface area contributed by atoms with Crippen LogP contribution in [0.1, 0.15) is 99.8 Å². The number of fused-ring (bicyclic) bond motifs is 7. The number of allylic oxidation sites excluding steroid dienone is 2. The fourth-order valence-corrected chi connectivity index (χ4v) is 18.0. The van der Waals surface area contributed by atoms with Crippen LogP contribution in [0.5, 0.6) is 0 Å². The Morgan fingerprint density at radius 1 is 0.438 bits per heavy atom. The average Bonchev–Trinajstić information content (AvgIpc) is 0.723. The Balaban J connectivity index is 0.888. The zero-order valence-corrected chi connectivity index (χ0v) is 51.5. The lowest BCUT2D eigenvalue weighted by molar-refractivity contribution is -0.376. The Hall–Kier alpha value is -1.42. The maximum absolute atomic E-state index is 12.7. The first kappa shape index (κ1) is 70.4. The fraction of sp³-hybridized carbons (Fsp3) is 0.967. The summed E-state index contributed by atoms with van der Waals surface area (Å²) in [5.41, 5.74) is -2.65. The predicted octanol–water partition coefficient (Wildman–Crippen LogP) is -5.80. The number of hydrogen-bond acceptors (Lipinski definition) is 29. The van der Waals surface area contributed by atoms with Gasteiger partial charge in [-0.05, 0) is 96.2 Å². The largest absolute Gasteiger partial charge is 0.394 e. The second-order valence-electron chi connectivity index (χ2n) is 29.4. The maximum Gasteiger partial charge on any atom is 0.187 e. The number of hydrogen-bond donors (Lipinski definition) is 19. The number of aliphatic hydroxyl groups is 19. The smallest absolute Gasteiger partial charge is 0.187 e. The van der Waals surface area contributed by atoms with Crippen LogP contribution in [0.4, 0.5) is 0 Å². The lowest BCUT2D eigenvalue weighted by atomic mass is 9.33. The van der Waals surface area contributed by atoms with Crippen LogP contribution in [0.2, 0.25) is 0 Å². The van der Waals surface area contributed by atoms with E-state index in [4.69, 9.17) is 47.4 Å². The van der Waals surface area contributed by atoms with Crippen molar-refractivity contribution in [2.75, 3.05) is 39.6 Å². The van der Waals surface area contributed by atoms with Crippen LogP contribution in [0, 0.1) is 50.2 Å². The van der Waals surface area contributed by atoms with E-state index in [9.17, 15) is 97.0 Å². The fourth-order valence-electron chi connectivity index (χ4n) is 18.0. The summed E-state index contributed by atoms with van der Waals surface area (Å²) >= 11 is 0. The van der Waals surface area contributed by atoms with Crippen LogP contribution in [0.15, 0.2) is 11.6 Å². The Bertz CT molecular complexity index is 2420. The van der Waals surface area contributed by atoms with Gasteiger partial charge in [0, 0.05) is 5.41 Å². The van der Waals surface area contributed by atoms with Crippen LogP contribution in [0.3, 0.4) is 0 Å². The van der Waals surface area contributed by atoms with Gasteiger partial charge in [-0.25, -0.2) is 0 Å². The van der Waals surface area contributed by atoms with Gasteiger partial charge >= 0.3 is 0 Å². The molecule has 0 amide bonds. The maximum atomic E-state index is 12.7. The molecule has 9 fully saturated rings. The predicted molar refractivity (Wildman–Crippen MR) is 298 cm³/mol. The van der Waals surface area contributed by atoms with Crippen molar-refractivity contribution in [3.63, 3.8) is 0 Å². The lowest BCUT2D eigenvalue weighted by Crippen LogP contribution is -2.69. The van der Waals surface area contributed by atoms with Crippen molar-refractivity contribution in [1.29, 1.82) is 0 Å². The molecule has 10 aliphatic rings. The minimum atomic E-state index is -1.98. The Morgan fingerprint density at radius 3 is 1.40 bits per heavy atom. The molecule has 10 rings (SSSR count). The molecule has 5 heterocycles. The summed E-state index contributed by atoms with van der Waals surface area (Å²) in [6.45, 7) is 11.2. The molecule has 0 aromatic rings. The molecule has 29 nitrogen and oxygen atoms in total. The summed E-state index contributed by atoms with van der Waals surface area (Å²) in [4.78, 5) is 0. The number of rotatable bonds is 16. The molecule has 0 unspecified atom stereocenters. The molecule has 19 N–H and O–H groups in total. The third kappa shape index (κ3) is 11.9. The van der Waals surface area contributed by atoms with Crippen LogP contribution in [-0.2, 0) is 47.4 Å². The first-order valence-corrected chi connectivity index (χ1v) is 31.5. The molecule has 0 aromatic heterocycles. The highest BCUT2D eigenvalue weighted by atomic mass is 16.8. The first-order valence-electron chi connectivity index (χ1n) is 31.5. The van der Waals surface area contributed by atoms with E-state index in [-0.39, 0.29) is 29.3 Å². The molecule has 0 radical (unpaired) electrons. The minimum absolute atomic E-state index is 0.0579. The van der Waals surface area contributed by atoms with Crippen molar-refractivity contribution >= 4 is 0 Å². The van der Waals surface area contributed by atoms with Crippen molar-refractivity contribution in [1.82, 2.24) is 0 Å². The van der Waals surface area contributed by atoms with E-state index < -0.39 is 232 Å². The SMILES string of the molecule is CC1(C)C[C@H]2C3=CC[C@@H]4[C@@]5(C)CC[C@@H](O[C@H]6O[C@H](CO[C@@H]7O[C@H](CO)[C@@H](O)[C@H](O)[C@H]7O)[C@@H](O)[C@H](O)[C@H]6O)C(C)(C)[C@@H]5CC[C@@]4(C)[C@]3(C)CC[C@@]2(CO[C@H]2O[C@@H](CO[C@H]3O[C@@H](CO)[C@H](O)[C@@H](O)[C@@H]3O)[C@H](O)[C@@H](O)[C@@H]2O[C@@H]2O[C@H](CO)[C@@H](O)[C@H](O)[C@H]2O)[C@@H](O)[C@@H]1O. The molecule has 0 spiro atoms. The molecular formula is C60H100O29. The third-order valence-corrected chi connectivity index (χ3v) is 23.9. The van der Waals surface area contributed by atoms with E-state index in [0.717, 1.165) is 18.4 Å². The zero-order chi connectivity index (χ0) is 65.2. The van der Waals surface area contributed by atoms with Crippen LogP contribution in [0.25, 0.3) is 0 Å². The van der Waals surface area contributed by atoms with Gasteiger partial charge in [0.1, 0.15) is 122 Å². The van der Waals surface area contributed by atoms with Gasteiger partial charge in [-0.2, -0.15) is 0 Å². The normalized spacial score (nSPS) is 54.9. The highest BCUT2D eigenvalue weighted by Gasteiger charge is 2.71. The second kappa shape index (κ2) is 26.2. The Kier molecular flexibility index (Phi) is 20.7. The molecule has 5 aliphatic heterocycles. The van der Waals surface area contributed by atoms with E-state index in [0.29, 0.717) is 38.5 Å². The molecule has 514 valence electrons. The van der Waals surface area contributed by atoms with Gasteiger partial charge in [0.25, 0.3) is 0 Å². The zero-order valence-electron chi connectivity index (χ0n) is 51.5. The number of ether oxygens (including phenoxy) is 10. The molecule has 5 aliphatic carbocycles. The van der Waals surface area contributed by atoms with Crippen LogP contribution < -0.4 is 0 Å². The van der Waals surface area contributed by atoms with Gasteiger partial charge in [0.05, 0.1) is 58.0 Å². The van der Waals surface area contributed by atoms with E-state index in [1.165, 1.54) is 0 Å². The standard InChI is InChI=1S/C60H100O29/c1-55(2)16-24-23-8-9-31-57(5)12-11-32(88-52-45(76)41(72)36(67)28(86-52)20-80-50-43(74)38(69)33(64)25(17-61)83-50)56(3,4)30(57)10-13-59(31,7)58(23,6)14-15-60(24,49(79)48(55)78)22-82-54-47(89-53-46(77)40(71)35(66)27(19-63)85-53)42(73)37(68)29(87-54)21-81-51-44(75)39(70)34(65)26(18-62)84-51/h8,24-54,61-79H,9-22H2,1-7H3/t24-,25+,26-,27+,28+,29-,30-,31+,32+,33+,34-,35+,36+,37-,38-,39+,40-,41-,42+,43+,44-,45+,46+,47-,48-,49-,50+,51-,52+,53-,54-,57-,58+,59+,60-/m0/s1. The van der Waals surface area contributed by atoms with Gasteiger partial charge in [0.15, 0.2) is 31.5 Å². The highest BCUT2D eigenvalue weighted by Crippen LogP contribution is 2.76. The molecule has 0 bridgehead atoms. The summed E-state index contributed by atoms with van der Waals surface area (Å²) in [5.74, 6) is -0.264. The molecule has 0 aromatic carbocycles. The summed E-state index contributed by atoms with van der Waals surface area (Å²) in [6, 6.07) is 0. The lowest BCUT2D eigenvalue weighted by Gasteiger charge is -2.72. The van der Waals surface area contributed by atoms with Crippen molar-refractivity contribution < 1.29 is 144 Å². The van der Waals surface area contributed by atoms with Gasteiger partial charge in [0.2, 0.25) is 0 Å². The van der Waals surface area contributed by atoms with E-state index >= 15 is 0 Å². The summed E-state index contributed by atoms with van der Waals surface area (Å²) in [5, 5.41) is 206. The van der Waals surface area contributed by atoms with E-state index in [1.807, 2.05) is 13.8 Å². The van der Waals surface area contributed by atoms with Gasteiger partial charge in [-0.1, -0.05) is 60.1 Å². The van der Waals surface area contributed by atoms with Crippen LogP contribution in [-0.4, -0.2) is 309 Å². The van der Waals surface area contributed by atoms with Crippen molar-refractivity contribution in [2.45, 2.75) is 272 Å². The number of aliphatic hydroxyl groups excluding tert-OH is 19. The quantitative estimate of drug-likeness (QED) is 0.0506. The monoisotopic (exact) mass is 1280 g/mol. The van der Waals surface area contributed by atoms with Gasteiger partial charge in [-0.15, -0.1) is 0 Å². The van der Waals surface area contributed by atoms with Crippen molar-refractivity contribution in [3.8, 4) is 0 Å². The average molecular weight is 1290 g/mol. The molecular weight excluding hydrogens is 1180 g/mol.